The number of fused-ring (bicyclic) bond motifs is 1. The zero-order valence-electron chi connectivity index (χ0n) is 19.0. The van der Waals surface area contributed by atoms with Gasteiger partial charge in [-0.05, 0) is 56.9 Å². The lowest BCUT2D eigenvalue weighted by Crippen LogP contribution is -2.45. The van der Waals surface area contributed by atoms with Crippen LogP contribution in [0.2, 0.25) is 0 Å². The predicted molar refractivity (Wildman–Crippen MR) is 127 cm³/mol. The summed E-state index contributed by atoms with van der Waals surface area (Å²) in [6.07, 6.45) is 5.52. The molecule has 1 aromatic heterocycles. The Labute approximate surface area is 193 Å². The molecular formula is C27H30N2O4. The van der Waals surface area contributed by atoms with Gasteiger partial charge in [-0.1, -0.05) is 29.8 Å². The van der Waals surface area contributed by atoms with E-state index >= 15 is 0 Å². The Morgan fingerprint density at radius 1 is 1.12 bits per heavy atom. The number of benzene rings is 2. The van der Waals surface area contributed by atoms with E-state index in [4.69, 9.17) is 9.15 Å². The molecule has 1 atom stereocenters. The summed E-state index contributed by atoms with van der Waals surface area (Å²) in [5.41, 5.74) is 3.02. The summed E-state index contributed by atoms with van der Waals surface area (Å²) in [5.74, 6) is -0.0561. The molecule has 1 amide bonds. The number of carbonyl (C=O) groups is 1. The number of aryl methyl sites for hydroxylation is 1. The zero-order chi connectivity index (χ0) is 22.8. The fraction of sp³-hybridized carbons (Fsp3) is 0.407. The second-order valence-electron chi connectivity index (χ2n) is 9.40. The number of hydrogen-bond donors (Lipinski definition) is 1. The highest BCUT2D eigenvalue weighted by Gasteiger charge is 2.42. The Kier molecular flexibility index (Phi) is 6.04. The number of piperidine rings is 1. The van der Waals surface area contributed by atoms with E-state index in [9.17, 15) is 9.59 Å². The SMILES string of the molecule is Cc1ccc2occ(CN3CCC4(CC[C@@H](CNC(=O)c5ccccc5)O4)CC3)c(=O)c2c1. The van der Waals surface area contributed by atoms with Gasteiger partial charge in [0.05, 0.1) is 23.4 Å². The second kappa shape index (κ2) is 9.12. The van der Waals surface area contributed by atoms with E-state index in [0.29, 0.717) is 35.2 Å². The highest BCUT2D eigenvalue weighted by atomic mass is 16.5. The molecule has 5 rings (SSSR count). The van der Waals surface area contributed by atoms with Gasteiger partial charge in [0, 0.05) is 37.3 Å². The molecule has 3 heterocycles. The topological polar surface area (TPSA) is 71.8 Å². The van der Waals surface area contributed by atoms with E-state index in [0.717, 1.165) is 44.3 Å². The number of rotatable bonds is 5. The molecule has 0 unspecified atom stereocenters. The van der Waals surface area contributed by atoms with Gasteiger partial charge in [0.15, 0.2) is 5.43 Å². The van der Waals surface area contributed by atoms with Crippen LogP contribution in [-0.2, 0) is 11.3 Å². The van der Waals surface area contributed by atoms with Gasteiger partial charge in [0.2, 0.25) is 0 Å². The van der Waals surface area contributed by atoms with Crippen LogP contribution in [0.3, 0.4) is 0 Å². The van der Waals surface area contributed by atoms with E-state index in [1.54, 1.807) is 6.26 Å². The molecule has 6 heteroatoms. The molecule has 3 aromatic rings. The van der Waals surface area contributed by atoms with Crippen LogP contribution in [-0.4, -0.2) is 42.1 Å². The lowest BCUT2D eigenvalue weighted by Gasteiger charge is -2.39. The number of nitrogens with zero attached hydrogens (tertiary/aromatic N) is 1. The van der Waals surface area contributed by atoms with Crippen molar-refractivity contribution in [2.24, 2.45) is 0 Å². The first-order valence-corrected chi connectivity index (χ1v) is 11.8. The molecule has 172 valence electrons. The van der Waals surface area contributed by atoms with Crippen molar-refractivity contribution in [1.29, 1.82) is 0 Å². The van der Waals surface area contributed by atoms with Crippen molar-refractivity contribution in [3.05, 3.63) is 81.7 Å². The predicted octanol–water partition coefficient (Wildman–Crippen LogP) is 4.05. The van der Waals surface area contributed by atoms with Gasteiger partial charge in [-0.15, -0.1) is 0 Å². The Morgan fingerprint density at radius 3 is 2.70 bits per heavy atom. The third-order valence-electron chi connectivity index (χ3n) is 7.03. The Bertz CT molecular complexity index is 1200. The van der Waals surface area contributed by atoms with Gasteiger partial charge in [-0.3, -0.25) is 14.5 Å². The number of nitrogens with one attached hydrogen (secondary N) is 1. The maximum absolute atomic E-state index is 12.9. The Hall–Kier alpha value is -2.96. The van der Waals surface area contributed by atoms with Crippen LogP contribution < -0.4 is 10.7 Å². The molecule has 2 fully saturated rings. The summed E-state index contributed by atoms with van der Waals surface area (Å²) in [6.45, 7) is 4.88. The first-order chi connectivity index (χ1) is 16.0. The van der Waals surface area contributed by atoms with Crippen molar-refractivity contribution in [1.82, 2.24) is 10.2 Å². The van der Waals surface area contributed by atoms with Gasteiger partial charge in [-0.2, -0.15) is 0 Å². The molecule has 0 radical (unpaired) electrons. The normalized spacial score (nSPS) is 20.3. The summed E-state index contributed by atoms with van der Waals surface area (Å²) < 4.78 is 12.2. The maximum Gasteiger partial charge on any atom is 0.251 e. The van der Waals surface area contributed by atoms with Crippen LogP contribution >= 0.6 is 0 Å². The minimum absolute atomic E-state index is 0.0555. The average molecular weight is 447 g/mol. The summed E-state index contributed by atoms with van der Waals surface area (Å²) in [7, 11) is 0. The van der Waals surface area contributed by atoms with Gasteiger partial charge >= 0.3 is 0 Å². The number of amides is 1. The third kappa shape index (κ3) is 4.72. The zero-order valence-corrected chi connectivity index (χ0v) is 19.0. The van der Waals surface area contributed by atoms with Gasteiger partial charge in [-0.25, -0.2) is 0 Å². The van der Waals surface area contributed by atoms with Gasteiger partial charge in [0.1, 0.15) is 5.58 Å². The lowest BCUT2D eigenvalue weighted by molar-refractivity contribution is -0.0765. The summed E-state index contributed by atoms with van der Waals surface area (Å²) in [5, 5.41) is 3.66. The highest BCUT2D eigenvalue weighted by molar-refractivity contribution is 5.94. The van der Waals surface area contributed by atoms with Crippen LogP contribution in [0.15, 0.2) is 64.0 Å². The van der Waals surface area contributed by atoms with Crippen molar-refractivity contribution in [2.75, 3.05) is 19.6 Å². The quantitative estimate of drug-likeness (QED) is 0.640. The standard InChI is InChI=1S/C27H30N2O4/c1-19-7-8-24-23(15-19)25(30)21(18-32-24)17-29-13-11-27(12-14-29)10-9-22(33-27)16-28-26(31)20-5-3-2-4-6-20/h2-8,15,18,22H,9-14,16-17H2,1H3,(H,28,31)/t22-/m0/s1. The molecule has 0 saturated carbocycles. The molecule has 0 bridgehead atoms. The Morgan fingerprint density at radius 2 is 1.91 bits per heavy atom. The summed E-state index contributed by atoms with van der Waals surface area (Å²) in [4.78, 5) is 27.6. The van der Waals surface area contributed by atoms with E-state index in [1.807, 2.05) is 55.5 Å². The number of carbonyl (C=O) groups excluding carboxylic acids is 1. The van der Waals surface area contributed by atoms with Crippen molar-refractivity contribution < 1.29 is 13.9 Å². The highest BCUT2D eigenvalue weighted by Crippen LogP contribution is 2.39. The molecule has 2 saturated heterocycles. The molecule has 6 nitrogen and oxygen atoms in total. The fourth-order valence-corrected chi connectivity index (χ4v) is 5.06. The van der Waals surface area contributed by atoms with Crippen molar-refractivity contribution in [2.45, 2.75) is 50.9 Å². The van der Waals surface area contributed by atoms with E-state index in [1.165, 1.54) is 0 Å². The Balaban J connectivity index is 1.15. The first kappa shape index (κ1) is 21.9. The minimum Gasteiger partial charge on any atom is -0.464 e. The summed E-state index contributed by atoms with van der Waals surface area (Å²) in [6, 6.07) is 15.0. The average Bonchev–Trinajstić information content (AvgIpc) is 3.24. The van der Waals surface area contributed by atoms with Gasteiger partial charge < -0.3 is 14.5 Å². The minimum atomic E-state index is -0.107. The van der Waals surface area contributed by atoms with Crippen molar-refractivity contribution in [3.63, 3.8) is 0 Å². The van der Waals surface area contributed by atoms with E-state index in [2.05, 4.69) is 10.2 Å². The van der Waals surface area contributed by atoms with E-state index < -0.39 is 0 Å². The molecule has 2 aliphatic rings. The molecule has 1 spiro atoms. The van der Waals surface area contributed by atoms with Crippen molar-refractivity contribution in [3.8, 4) is 0 Å². The summed E-state index contributed by atoms with van der Waals surface area (Å²) >= 11 is 0. The fourth-order valence-electron chi connectivity index (χ4n) is 5.06. The smallest absolute Gasteiger partial charge is 0.251 e. The molecular weight excluding hydrogens is 416 g/mol. The molecule has 0 aliphatic carbocycles. The molecule has 2 aromatic carbocycles. The molecule has 2 aliphatic heterocycles. The number of ether oxygens (including phenoxy) is 1. The monoisotopic (exact) mass is 446 g/mol. The lowest BCUT2D eigenvalue weighted by atomic mass is 9.88. The van der Waals surface area contributed by atoms with E-state index in [-0.39, 0.29) is 23.0 Å². The van der Waals surface area contributed by atoms with Crippen LogP contribution in [0.4, 0.5) is 0 Å². The van der Waals surface area contributed by atoms with Crippen LogP contribution in [0, 0.1) is 6.92 Å². The van der Waals surface area contributed by atoms with Gasteiger partial charge in [0.25, 0.3) is 5.91 Å². The molecule has 33 heavy (non-hydrogen) atoms. The van der Waals surface area contributed by atoms with Crippen LogP contribution in [0.5, 0.6) is 0 Å². The van der Waals surface area contributed by atoms with Crippen LogP contribution in [0.1, 0.15) is 47.2 Å². The van der Waals surface area contributed by atoms with Crippen LogP contribution in [0.25, 0.3) is 11.0 Å². The first-order valence-electron chi connectivity index (χ1n) is 11.8. The third-order valence-corrected chi connectivity index (χ3v) is 7.03. The number of likely N-dealkylation sites (tertiary alicyclic amines) is 1. The maximum atomic E-state index is 12.9. The second-order valence-corrected chi connectivity index (χ2v) is 9.40. The number of hydrogen-bond acceptors (Lipinski definition) is 5. The largest absolute Gasteiger partial charge is 0.464 e. The van der Waals surface area contributed by atoms with Crippen molar-refractivity contribution >= 4 is 16.9 Å². The molecule has 1 N–H and O–H groups in total.